The van der Waals surface area contributed by atoms with E-state index in [1.54, 1.807) is 67.8 Å². The first kappa shape index (κ1) is 119. The summed E-state index contributed by atoms with van der Waals surface area (Å²) in [5.41, 5.74) is 1.66. The normalized spacial score (nSPS) is 12.3. The van der Waals surface area contributed by atoms with Crippen LogP contribution in [0.5, 0.6) is 0 Å². The van der Waals surface area contributed by atoms with E-state index in [1.165, 1.54) is 54.0 Å². The van der Waals surface area contributed by atoms with E-state index >= 15 is 0 Å². The van der Waals surface area contributed by atoms with Crippen molar-refractivity contribution < 1.29 is 197 Å². The quantitative estimate of drug-likeness (QED) is 0.0584. The van der Waals surface area contributed by atoms with Gasteiger partial charge in [-0.1, -0.05) is 34.6 Å². The fourth-order valence-electron chi connectivity index (χ4n) is 4.72. The Morgan fingerprint density at radius 1 is 0.514 bits per heavy atom. The average molecular weight is 1480 g/mol. The van der Waals surface area contributed by atoms with E-state index in [1.807, 2.05) is 13.8 Å². The molecule has 2 rings (SSSR count). The second-order valence-electron chi connectivity index (χ2n) is 12.5. The van der Waals surface area contributed by atoms with Crippen LogP contribution in [0.2, 0.25) is 12.6 Å². The average Bonchev–Trinajstić information content (AvgIpc) is 3.73. The van der Waals surface area contributed by atoms with Crippen molar-refractivity contribution in [1.29, 1.82) is 0 Å². The minimum Gasteiger partial charge on any atom is -0.358 e. The first-order chi connectivity index (χ1) is 27.1. The molecule has 0 bridgehead atoms. The zero-order chi connectivity index (χ0) is 45.8. The van der Waals surface area contributed by atoms with Gasteiger partial charge in [-0.15, -0.1) is 36.4 Å². The van der Waals surface area contributed by atoms with Crippen molar-refractivity contribution in [1.82, 2.24) is 0 Å². The van der Waals surface area contributed by atoms with Gasteiger partial charge in [-0.3, -0.25) is 9.59 Å². The van der Waals surface area contributed by atoms with E-state index in [4.69, 9.17) is 47.1 Å². The molecule has 0 atom stereocenters. The molecule has 388 valence electrons. The smallest absolute Gasteiger partial charge is 0.358 e. The summed E-state index contributed by atoms with van der Waals surface area (Å²) in [4.78, 5) is 66.8. The second kappa shape index (κ2) is 75.8. The van der Waals surface area contributed by atoms with Crippen LogP contribution in [0.25, 0.3) is 0 Å². The molecule has 70 heavy (non-hydrogen) atoms. The van der Waals surface area contributed by atoms with E-state index < -0.39 is 8.16 Å². The molecule has 18 radical (unpaired) electrons. The summed E-state index contributed by atoms with van der Waals surface area (Å²) in [5, 5.41) is 0. The number of carbonyl (C=O) groups is 6. The van der Waals surface area contributed by atoms with E-state index in [-0.39, 0.29) is 262 Å². The van der Waals surface area contributed by atoms with Crippen molar-refractivity contribution in [2.75, 3.05) is 45.6 Å². The third-order valence-electron chi connectivity index (χ3n) is 6.58. The Balaban J connectivity index is -0.0000000364. The summed E-state index contributed by atoms with van der Waals surface area (Å²) in [7, 11) is 31.5. The van der Waals surface area contributed by atoms with Gasteiger partial charge < -0.3 is 91.4 Å². The van der Waals surface area contributed by atoms with Crippen molar-refractivity contribution in [2.24, 2.45) is 0 Å². The SMILES string of the molecule is [B]CC.[B]CC.[B]CSC(CC(C)=O)(CC(=O)C[CH2-])SC[B].[B]CSC([CH2-])(CC(C)=O)SC[B].[CH2-]C1(CC(C)=O)SCCS1.[CH2-]CC(=O)CC1(CC(C)=O)SCCS1.[CH3-].[CH3-].[CH3-].[CH3-].[CH3-].[CH3-].[V+2].[V].[Y].[Y].[Y].[Y]. The first-order valence-corrected chi connectivity index (χ1v) is 26.6. The Labute approximate surface area is 602 Å². The maximum Gasteiger partial charge on any atom is 2.00 e. The zero-order valence-electron chi connectivity index (χ0n) is 44.9. The topological polar surface area (TPSA) is 102 Å². The summed E-state index contributed by atoms with van der Waals surface area (Å²) < 4.78 is -1.12. The Bertz CT molecular complexity index is 1170. The molecule has 2 aliphatic heterocycles. The summed E-state index contributed by atoms with van der Waals surface area (Å²) in [6.07, 6.45) is 4.69. The molecule has 2 heterocycles. The van der Waals surface area contributed by atoms with Gasteiger partial charge >= 0.3 is 18.6 Å². The number of hydrogen-bond donors (Lipinski definition) is 0. The van der Waals surface area contributed by atoms with E-state index in [0.29, 0.717) is 67.6 Å². The molecule has 2 aliphatic rings. The molecule has 0 aromatic rings. The third-order valence-corrected chi connectivity index (χ3v) is 18.2. The summed E-state index contributed by atoms with van der Waals surface area (Å²) in [5.74, 6) is 5.14. The van der Waals surface area contributed by atoms with Crippen LogP contribution in [0.1, 0.15) is 92.9 Å². The summed E-state index contributed by atoms with van der Waals surface area (Å²) in [6.45, 7) is 25.2. The Morgan fingerprint density at radius 3 is 1.07 bits per heavy atom. The molecular formula is C44H80B6O6S8V2Y4-8. The number of hydrogen-bond acceptors (Lipinski definition) is 14. The van der Waals surface area contributed by atoms with Gasteiger partial charge in [-0.05, 0) is 50.3 Å². The summed E-state index contributed by atoms with van der Waals surface area (Å²) >= 11 is 12.9. The van der Waals surface area contributed by atoms with Crippen LogP contribution in [0, 0.1) is 72.3 Å². The van der Waals surface area contributed by atoms with Crippen molar-refractivity contribution >= 4 is 176 Å². The number of thioether (sulfide) groups is 8. The maximum absolute atomic E-state index is 11.5. The van der Waals surface area contributed by atoms with Gasteiger partial charge in [-0.25, -0.2) is 0 Å². The Kier molecular flexibility index (Phi) is 129. The van der Waals surface area contributed by atoms with Gasteiger partial charge in [0.15, 0.2) is 0 Å². The van der Waals surface area contributed by atoms with Crippen molar-refractivity contribution in [3.63, 3.8) is 0 Å². The minimum atomic E-state index is -0.510. The van der Waals surface area contributed by atoms with Crippen molar-refractivity contribution in [3.05, 3.63) is 72.3 Å². The number of ketones is 6. The molecule has 0 amide bonds. The van der Waals surface area contributed by atoms with Crippen LogP contribution in [-0.2, 0) is 197 Å². The van der Waals surface area contributed by atoms with Crippen molar-refractivity contribution in [2.45, 2.75) is 122 Å². The molecule has 0 aromatic heterocycles. The molecular weight excluding hydrogens is 1400 g/mol. The number of Topliss-reactive ketones (excluding diaryl/α,β-unsaturated/α-hetero) is 6. The second-order valence-corrected chi connectivity index (χ2v) is 25.1. The van der Waals surface area contributed by atoms with Crippen LogP contribution in [0.3, 0.4) is 0 Å². The van der Waals surface area contributed by atoms with E-state index in [2.05, 4.69) is 27.7 Å². The molecule has 0 saturated carbocycles. The predicted molar refractivity (Wildman–Crippen MR) is 316 cm³/mol. The fraction of sp³-hybridized carbons (Fsp3) is 0.636. The van der Waals surface area contributed by atoms with Crippen LogP contribution < -0.4 is 0 Å². The zero-order valence-corrected chi connectivity index (χ0v) is 65.6. The van der Waals surface area contributed by atoms with Gasteiger partial charge in [0.2, 0.25) is 0 Å². The van der Waals surface area contributed by atoms with Crippen LogP contribution in [0.15, 0.2) is 0 Å². The minimum absolute atomic E-state index is 0. The molecule has 0 N–H and O–H groups in total. The van der Waals surface area contributed by atoms with Gasteiger partial charge in [0.05, 0.1) is 55.2 Å². The molecule has 6 nitrogen and oxygen atoms in total. The van der Waals surface area contributed by atoms with Crippen molar-refractivity contribution in [3.8, 4) is 0 Å². The standard InChI is InChI=1S/C10H15B2O2S2.C10H15O2S2.C7H11B2OS2.C7H11OS2.2C2H5B.6CH3.2V.4Y/c1-3-9(14)5-10(15-6-11,16-7-12)4-8(2)13;1-3-9(12)7-10(6-8(2)11)13-4-5-14-10;1-6(10)3-7(2,11-4-8)12-5-9;1-6(8)5-7(2)9-3-4-10-7;2*1-2-3;;;;;;;;;;;;/h1,3-7H2,2H3;1,3-7H2,2H3;2-5H2,1H3;2-5H2,1H3;2*2H2,1H3;6*1H3;;;;;;/q4*-1;;;6*-1;;+2;;;;. The van der Waals surface area contributed by atoms with E-state index in [0.717, 1.165) is 35.7 Å². The monoisotopic (exact) mass is 1480 g/mol. The molecule has 0 aliphatic carbocycles. The molecule has 26 heteroatoms. The van der Waals surface area contributed by atoms with Crippen LogP contribution in [0.4, 0.5) is 0 Å². The van der Waals surface area contributed by atoms with Crippen LogP contribution in [-0.4, -0.2) is 144 Å². The third kappa shape index (κ3) is 72.8. The largest absolute Gasteiger partial charge is 2.00 e. The number of rotatable bonds is 22. The van der Waals surface area contributed by atoms with Crippen LogP contribution >= 0.6 is 94.1 Å². The molecule has 0 aromatic carbocycles. The summed E-state index contributed by atoms with van der Waals surface area (Å²) in [6, 6.07) is 0. The predicted octanol–water partition coefficient (Wildman–Crippen LogP) is 11.0. The van der Waals surface area contributed by atoms with Gasteiger partial charge in [0.25, 0.3) is 0 Å². The fourth-order valence-corrected chi connectivity index (χ4v) is 15.4. The maximum atomic E-state index is 11.5. The first-order valence-electron chi connectivity index (χ1n) is 18.7. The number of carbonyl (C=O) groups excluding carboxylic acids is 6. The van der Waals surface area contributed by atoms with Gasteiger partial charge in [0, 0.05) is 211 Å². The Morgan fingerprint density at radius 2 is 0.814 bits per heavy atom. The molecule has 0 unspecified atom stereocenters. The molecule has 2 saturated heterocycles. The van der Waals surface area contributed by atoms with Gasteiger partial charge in [0.1, 0.15) is 34.7 Å². The molecule has 2 fully saturated rings. The molecule has 0 spiro atoms. The Hall–Kier alpha value is 6.79. The van der Waals surface area contributed by atoms with E-state index in [9.17, 15) is 28.8 Å². The van der Waals surface area contributed by atoms with Gasteiger partial charge in [-0.2, -0.15) is 70.6 Å².